The first-order valence-corrected chi connectivity index (χ1v) is 13.0. The summed E-state index contributed by atoms with van der Waals surface area (Å²) in [5.41, 5.74) is -1.13. The second-order valence-corrected chi connectivity index (χ2v) is 9.51. The number of amides is 2. The summed E-state index contributed by atoms with van der Waals surface area (Å²) in [6.45, 7) is 1.84. The summed E-state index contributed by atoms with van der Waals surface area (Å²) in [6.07, 6.45) is 4.48. The van der Waals surface area contributed by atoms with Gasteiger partial charge >= 0.3 is 0 Å². The first-order valence-electron chi connectivity index (χ1n) is 12.6. The molecule has 2 aromatic heterocycles. The lowest BCUT2D eigenvalue weighted by Crippen LogP contribution is -2.29. The van der Waals surface area contributed by atoms with E-state index in [1.165, 1.54) is 54.9 Å². The lowest BCUT2D eigenvalue weighted by molar-refractivity contribution is -0.117. The quantitative estimate of drug-likeness (QED) is 0.253. The van der Waals surface area contributed by atoms with E-state index in [0.29, 0.717) is 5.69 Å². The maximum Gasteiger partial charge on any atom is 0.271 e. The van der Waals surface area contributed by atoms with Crippen molar-refractivity contribution in [1.29, 1.82) is 0 Å². The number of benzene rings is 2. The lowest BCUT2D eigenvalue weighted by atomic mass is 10.2. The number of anilines is 2. The van der Waals surface area contributed by atoms with Crippen molar-refractivity contribution in [3.63, 3.8) is 0 Å². The van der Waals surface area contributed by atoms with Gasteiger partial charge in [-0.05, 0) is 62.2 Å². The maximum absolute atomic E-state index is 15.1. The second kappa shape index (κ2) is 11.8. The molecule has 0 radical (unpaired) electrons. The number of carbonyl (C=O) groups excluding carboxylic acids is 2. The third-order valence-electron chi connectivity index (χ3n) is 6.11. The molecule has 2 heterocycles. The molecule has 1 fully saturated rings. The average molecular weight is 581 g/mol. The molecule has 210 valence electrons. The molecule has 0 aliphatic heterocycles. The zero-order chi connectivity index (χ0) is 29.1. The summed E-state index contributed by atoms with van der Waals surface area (Å²) in [4.78, 5) is 42.6. The fourth-order valence-corrected chi connectivity index (χ4v) is 4.14. The van der Waals surface area contributed by atoms with Crippen molar-refractivity contribution in [1.82, 2.24) is 9.55 Å². The molecule has 2 aromatic carbocycles. The Morgan fingerprint density at radius 3 is 2.51 bits per heavy atom. The van der Waals surface area contributed by atoms with Crippen molar-refractivity contribution in [2.45, 2.75) is 19.8 Å². The van der Waals surface area contributed by atoms with Gasteiger partial charge in [0.25, 0.3) is 11.5 Å². The highest BCUT2D eigenvalue weighted by molar-refractivity contribution is 6.32. The molecule has 1 aliphatic rings. The molecule has 1 aliphatic carbocycles. The van der Waals surface area contributed by atoms with Crippen molar-refractivity contribution in [2.75, 3.05) is 17.2 Å². The first kappa shape index (κ1) is 27.8. The highest BCUT2D eigenvalue weighted by Crippen LogP contribution is 2.35. The number of aromatic nitrogens is 2. The summed E-state index contributed by atoms with van der Waals surface area (Å²) in [5.74, 6) is -2.01. The van der Waals surface area contributed by atoms with Gasteiger partial charge in [-0.2, -0.15) is 0 Å². The first-order chi connectivity index (χ1) is 19.7. The van der Waals surface area contributed by atoms with Crippen molar-refractivity contribution in [2.24, 2.45) is 5.92 Å². The second-order valence-electron chi connectivity index (χ2n) is 9.10. The van der Waals surface area contributed by atoms with Crippen LogP contribution in [0.4, 0.5) is 20.3 Å². The minimum Gasteiger partial charge on any atom is -0.493 e. The highest BCUT2D eigenvalue weighted by atomic mass is 35.5. The van der Waals surface area contributed by atoms with Crippen LogP contribution in [0.5, 0.6) is 17.2 Å². The number of nitrogens with one attached hydrogen (secondary N) is 2. The van der Waals surface area contributed by atoms with Crippen LogP contribution in [0, 0.1) is 17.6 Å². The van der Waals surface area contributed by atoms with Crippen LogP contribution in [0.3, 0.4) is 0 Å². The van der Waals surface area contributed by atoms with E-state index in [9.17, 15) is 18.8 Å². The van der Waals surface area contributed by atoms with Gasteiger partial charge in [0.15, 0.2) is 5.82 Å². The molecule has 41 heavy (non-hydrogen) atoms. The number of hydrogen-bond acceptors (Lipinski definition) is 6. The Bertz CT molecular complexity index is 1690. The van der Waals surface area contributed by atoms with E-state index in [4.69, 9.17) is 21.1 Å². The van der Waals surface area contributed by atoms with Crippen LogP contribution in [0.2, 0.25) is 5.02 Å². The topological polar surface area (TPSA) is 112 Å². The third kappa shape index (κ3) is 6.36. The van der Waals surface area contributed by atoms with E-state index in [1.54, 1.807) is 6.92 Å². The molecule has 0 spiro atoms. The van der Waals surface area contributed by atoms with Crippen LogP contribution in [0.25, 0.3) is 5.69 Å². The molecule has 0 unspecified atom stereocenters. The smallest absolute Gasteiger partial charge is 0.271 e. The molecule has 5 rings (SSSR count). The van der Waals surface area contributed by atoms with E-state index < -0.39 is 23.1 Å². The van der Waals surface area contributed by atoms with E-state index in [0.717, 1.165) is 29.5 Å². The molecule has 2 amide bonds. The number of nitrogens with zero attached hydrogens (tertiary/aromatic N) is 2. The van der Waals surface area contributed by atoms with Gasteiger partial charge in [0.05, 0.1) is 17.3 Å². The Labute approximate surface area is 237 Å². The van der Waals surface area contributed by atoms with Gasteiger partial charge in [0, 0.05) is 36.1 Å². The number of carbonyl (C=O) groups is 2. The van der Waals surface area contributed by atoms with Crippen molar-refractivity contribution in [3.8, 4) is 22.9 Å². The summed E-state index contributed by atoms with van der Waals surface area (Å²) >= 11 is 6.34. The third-order valence-corrected chi connectivity index (χ3v) is 6.41. The summed E-state index contributed by atoms with van der Waals surface area (Å²) in [6, 6.07) is 11.6. The van der Waals surface area contributed by atoms with E-state index in [-0.39, 0.29) is 57.8 Å². The molecule has 2 N–H and O–H groups in total. The zero-order valence-electron chi connectivity index (χ0n) is 21.6. The normalized spacial score (nSPS) is 12.5. The minimum absolute atomic E-state index is 0.0120. The SMILES string of the molecule is CCOc1ccn(-c2ccc(F)cc2)c(=O)c1C(=O)Nc1cc(Cl)c(Oc2ccnc(NC(=O)C3CC3)c2)cc1F. The largest absolute Gasteiger partial charge is 0.493 e. The fourth-order valence-electron chi connectivity index (χ4n) is 3.94. The Morgan fingerprint density at radius 2 is 1.80 bits per heavy atom. The zero-order valence-corrected chi connectivity index (χ0v) is 22.4. The standard InChI is InChI=1S/C29H23ClF2N4O5/c1-2-40-23-10-12-36(18-7-5-17(31)6-8-18)29(39)26(23)28(38)34-22-14-20(30)24(15-21(22)32)41-19-9-11-33-25(13-19)35-27(37)16-3-4-16/h5-16H,2-4H2,1H3,(H,34,38)(H,33,35,37). The van der Waals surface area contributed by atoms with E-state index in [2.05, 4.69) is 15.6 Å². The Morgan fingerprint density at radius 1 is 1.05 bits per heavy atom. The van der Waals surface area contributed by atoms with Crippen LogP contribution in [0.15, 0.2) is 71.8 Å². The van der Waals surface area contributed by atoms with Crippen LogP contribution in [-0.2, 0) is 4.79 Å². The molecular formula is C29H23ClF2N4O5. The van der Waals surface area contributed by atoms with E-state index in [1.807, 2.05) is 0 Å². The number of pyridine rings is 2. The number of hydrogen-bond donors (Lipinski definition) is 2. The summed E-state index contributed by atoms with van der Waals surface area (Å²) in [7, 11) is 0. The van der Waals surface area contributed by atoms with Gasteiger partial charge in [-0.25, -0.2) is 13.8 Å². The molecule has 4 aromatic rings. The predicted molar refractivity (Wildman–Crippen MR) is 148 cm³/mol. The van der Waals surface area contributed by atoms with Gasteiger partial charge in [-0.3, -0.25) is 19.0 Å². The van der Waals surface area contributed by atoms with Gasteiger partial charge in [0.2, 0.25) is 5.91 Å². The Hall–Kier alpha value is -4.77. The van der Waals surface area contributed by atoms with Gasteiger partial charge < -0.3 is 20.1 Å². The predicted octanol–water partition coefficient (Wildman–Crippen LogP) is 5.96. The lowest BCUT2D eigenvalue weighted by Gasteiger charge is -2.15. The molecule has 9 nitrogen and oxygen atoms in total. The van der Waals surface area contributed by atoms with Crippen molar-refractivity contribution >= 4 is 34.9 Å². The minimum atomic E-state index is -0.941. The number of halogens is 3. The highest BCUT2D eigenvalue weighted by Gasteiger charge is 2.30. The van der Waals surface area contributed by atoms with Gasteiger partial charge in [0.1, 0.15) is 34.4 Å². The Kier molecular flexibility index (Phi) is 7.97. The fraction of sp³-hybridized carbons (Fsp3) is 0.172. The Balaban J connectivity index is 1.38. The average Bonchev–Trinajstić information content (AvgIpc) is 3.79. The van der Waals surface area contributed by atoms with E-state index >= 15 is 4.39 Å². The number of ether oxygens (including phenoxy) is 2. The molecule has 0 bridgehead atoms. The molecule has 12 heteroatoms. The van der Waals surface area contributed by atoms with Crippen LogP contribution < -0.4 is 25.7 Å². The van der Waals surface area contributed by atoms with Gasteiger partial charge in [-0.15, -0.1) is 0 Å². The van der Waals surface area contributed by atoms with Gasteiger partial charge in [-0.1, -0.05) is 11.6 Å². The monoisotopic (exact) mass is 580 g/mol. The van der Waals surface area contributed by atoms with Crippen LogP contribution in [0.1, 0.15) is 30.1 Å². The molecule has 0 atom stereocenters. The van der Waals surface area contributed by atoms with Crippen molar-refractivity contribution in [3.05, 3.63) is 99.6 Å². The maximum atomic E-state index is 15.1. The summed E-state index contributed by atoms with van der Waals surface area (Å²) < 4.78 is 40.8. The molecule has 1 saturated carbocycles. The van der Waals surface area contributed by atoms with Crippen LogP contribution >= 0.6 is 11.6 Å². The van der Waals surface area contributed by atoms with Crippen LogP contribution in [-0.4, -0.2) is 28.0 Å². The summed E-state index contributed by atoms with van der Waals surface area (Å²) in [5, 5.41) is 5.03. The molecular weight excluding hydrogens is 558 g/mol. The molecule has 0 saturated heterocycles. The number of rotatable bonds is 9. The van der Waals surface area contributed by atoms with Crippen molar-refractivity contribution < 1.29 is 27.8 Å².